The number of benzene rings is 1. The highest BCUT2D eigenvalue weighted by molar-refractivity contribution is 7.99. The van der Waals surface area contributed by atoms with E-state index in [1.165, 1.54) is 6.42 Å². The minimum absolute atomic E-state index is 0.0380. The Kier molecular flexibility index (Phi) is 4.07. The molecule has 0 heterocycles. The fraction of sp³-hybridized carbons (Fsp3) is 0.611. The van der Waals surface area contributed by atoms with Crippen molar-refractivity contribution in [3.8, 4) is 0 Å². The molecule has 1 aromatic carbocycles. The zero-order valence-corrected chi connectivity index (χ0v) is 14.8. The lowest BCUT2D eigenvalue weighted by atomic mass is 9.49. The molecular formula is C18H20ClF2NOS. The second-order valence-corrected chi connectivity index (χ2v) is 9.55. The van der Waals surface area contributed by atoms with Gasteiger partial charge in [-0.3, -0.25) is 4.79 Å². The van der Waals surface area contributed by atoms with Crippen LogP contribution in [0.5, 0.6) is 0 Å². The molecule has 0 radical (unpaired) electrons. The number of hydrogen-bond donors (Lipinski definition) is 1. The molecule has 4 saturated carbocycles. The summed E-state index contributed by atoms with van der Waals surface area (Å²) >= 11 is 7.25. The molecule has 5 rings (SSSR count). The summed E-state index contributed by atoms with van der Waals surface area (Å²) in [6.07, 6.45) is 5.68. The van der Waals surface area contributed by atoms with Crippen molar-refractivity contribution in [3.63, 3.8) is 0 Å². The van der Waals surface area contributed by atoms with Gasteiger partial charge in [-0.25, -0.2) is 0 Å². The van der Waals surface area contributed by atoms with E-state index in [9.17, 15) is 13.6 Å². The van der Waals surface area contributed by atoms with Crippen LogP contribution in [0.3, 0.4) is 0 Å². The van der Waals surface area contributed by atoms with Gasteiger partial charge >= 0.3 is 0 Å². The van der Waals surface area contributed by atoms with Gasteiger partial charge in [-0.1, -0.05) is 23.9 Å². The zero-order chi connectivity index (χ0) is 16.9. The van der Waals surface area contributed by atoms with Crippen LogP contribution < -0.4 is 5.32 Å². The van der Waals surface area contributed by atoms with Crippen LogP contribution in [-0.2, 0) is 4.79 Å². The second-order valence-electron chi connectivity index (χ2n) is 7.72. The summed E-state index contributed by atoms with van der Waals surface area (Å²) in [5.41, 5.74) is 0.0567. The molecule has 24 heavy (non-hydrogen) atoms. The first-order valence-electron chi connectivity index (χ1n) is 8.42. The molecule has 4 aliphatic carbocycles. The number of thioether (sulfide) groups is 1. The van der Waals surface area contributed by atoms with E-state index in [2.05, 4.69) is 5.32 Å². The van der Waals surface area contributed by atoms with E-state index in [1.54, 1.807) is 24.3 Å². The van der Waals surface area contributed by atoms with E-state index < -0.39 is 11.2 Å². The van der Waals surface area contributed by atoms with Gasteiger partial charge in [-0.05, 0) is 62.5 Å². The van der Waals surface area contributed by atoms with Crippen LogP contribution >= 0.6 is 23.4 Å². The van der Waals surface area contributed by atoms with Gasteiger partial charge < -0.3 is 5.32 Å². The van der Waals surface area contributed by atoms with E-state index in [-0.39, 0.29) is 10.8 Å². The van der Waals surface area contributed by atoms with Crippen molar-refractivity contribution in [2.75, 3.05) is 5.32 Å². The third kappa shape index (κ3) is 2.94. The lowest BCUT2D eigenvalue weighted by Crippen LogP contribution is -2.57. The van der Waals surface area contributed by atoms with Crippen molar-refractivity contribution in [1.82, 2.24) is 0 Å². The normalized spacial score (nSPS) is 37.0. The number of para-hydroxylation sites is 1. The van der Waals surface area contributed by atoms with Gasteiger partial charge in [0, 0.05) is 9.77 Å². The molecule has 2 nitrogen and oxygen atoms in total. The topological polar surface area (TPSA) is 29.1 Å². The quantitative estimate of drug-likeness (QED) is 0.558. The molecule has 0 spiro atoms. The van der Waals surface area contributed by atoms with Crippen LogP contribution in [0, 0.1) is 17.3 Å². The monoisotopic (exact) mass is 371 g/mol. The van der Waals surface area contributed by atoms with Crippen molar-refractivity contribution >= 4 is 35.0 Å². The van der Waals surface area contributed by atoms with Crippen LogP contribution in [0.4, 0.5) is 14.5 Å². The maximum absolute atomic E-state index is 13.1. The molecule has 4 fully saturated rings. The third-order valence-corrected chi connectivity index (χ3v) is 7.05. The molecule has 2 atom stereocenters. The Labute approximate surface area is 149 Å². The van der Waals surface area contributed by atoms with Gasteiger partial charge in [-0.2, -0.15) is 8.78 Å². The van der Waals surface area contributed by atoms with E-state index in [0.29, 0.717) is 40.6 Å². The van der Waals surface area contributed by atoms with Crippen molar-refractivity contribution in [1.29, 1.82) is 0 Å². The zero-order valence-electron chi connectivity index (χ0n) is 13.2. The average molecular weight is 372 g/mol. The van der Waals surface area contributed by atoms with E-state index in [4.69, 9.17) is 11.6 Å². The molecule has 4 bridgehead atoms. The lowest BCUT2D eigenvalue weighted by molar-refractivity contribution is -0.138. The van der Waals surface area contributed by atoms with E-state index >= 15 is 0 Å². The number of hydrogen-bond acceptors (Lipinski definition) is 2. The van der Waals surface area contributed by atoms with Crippen LogP contribution in [0.1, 0.15) is 38.5 Å². The smallest absolute Gasteiger partial charge is 0.288 e. The van der Waals surface area contributed by atoms with Gasteiger partial charge in [-0.15, -0.1) is 11.6 Å². The molecule has 1 aromatic rings. The van der Waals surface area contributed by atoms with Crippen LogP contribution in [0.2, 0.25) is 0 Å². The molecule has 1 N–H and O–H groups in total. The third-order valence-electron chi connectivity index (χ3n) is 5.82. The minimum atomic E-state index is -2.51. The Morgan fingerprint density at radius 1 is 1.21 bits per heavy atom. The van der Waals surface area contributed by atoms with Crippen molar-refractivity contribution in [2.45, 2.75) is 54.1 Å². The first-order chi connectivity index (χ1) is 11.4. The molecule has 6 heteroatoms. The SMILES string of the molecule is O=C(Nc1ccccc1SC(F)F)C12C[C@H]3C[C@@H](CC(Cl)(C3)C1)C2. The largest absolute Gasteiger partial charge is 0.325 e. The van der Waals surface area contributed by atoms with Gasteiger partial charge in [0.05, 0.1) is 11.1 Å². The molecule has 0 aliphatic heterocycles. The van der Waals surface area contributed by atoms with Gasteiger partial charge in [0.25, 0.3) is 5.76 Å². The van der Waals surface area contributed by atoms with Crippen LogP contribution in [-0.4, -0.2) is 16.5 Å². The number of alkyl halides is 3. The summed E-state index contributed by atoms with van der Waals surface area (Å²) in [7, 11) is 0. The summed E-state index contributed by atoms with van der Waals surface area (Å²) in [4.78, 5) is 13.3. The fourth-order valence-corrected chi connectivity index (χ4v) is 6.73. The first-order valence-corrected chi connectivity index (χ1v) is 9.68. The Bertz CT molecular complexity index is 654. The molecule has 4 aliphatic rings. The summed E-state index contributed by atoms with van der Waals surface area (Å²) in [6.45, 7) is 0. The number of nitrogens with one attached hydrogen (secondary N) is 1. The highest BCUT2D eigenvalue weighted by Crippen LogP contribution is 2.64. The Morgan fingerprint density at radius 3 is 2.50 bits per heavy atom. The summed E-state index contributed by atoms with van der Waals surface area (Å²) in [5.74, 6) is -1.49. The van der Waals surface area contributed by atoms with Crippen LogP contribution in [0.25, 0.3) is 0 Å². The van der Waals surface area contributed by atoms with Gasteiger partial charge in [0.2, 0.25) is 5.91 Å². The average Bonchev–Trinajstić information content (AvgIpc) is 2.46. The molecule has 0 saturated heterocycles. The maximum Gasteiger partial charge on any atom is 0.288 e. The molecule has 0 unspecified atom stereocenters. The Hall–Kier alpha value is -0.810. The number of carbonyl (C=O) groups is 1. The lowest BCUT2D eigenvalue weighted by Gasteiger charge is -2.59. The highest BCUT2D eigenvalue weighted by Gasteiger charge is 2.60. The van der Waals surface area contributed by atoms with Crippen molar-refractivity contribution in [2.24, 2.45) is 17.3 Å². The van der Waals surface area contributed by atoms with E-state index in [1.807, 2.05) is 0 Å². The second kappa shape index (κ2) is 5.87. The van der Waals surface area contributed by atoms with Crippen LogP contribution in [0.15, 0.2) is 29.2 Å². The number of rotatable bonds is 4. The molecular weight excluding hydrogens is 352 g/mol. The highest BCUT2D eigenvalue weighted by atomic mass is 35.5. The molecule has 0 aromatic heterocycles. The molecule has 130 valence electrons. The number of amides is 1. The predicted molar refractivity (Wildman–Crippen MR) is 92.6 cm³/mol. The van der Waals surface area contributed by atoms with E-state index in [0.717, 1.165) is 25.7 Å². The number of anilines is 1. The van der Waals surface area contributed by atoms with Crippen molar-refractivity contribution < 1.29 is 13.6 Å². The maximum atomic E-state index is 13.1. The number of carbonyl (C=O) groups excluding carboxylic acids is 1. The fourth-order valence-electron chi connectivity index (χ4n) is 5.44. The first kappa shape index (κ1) is 16.6. The number of halogens is 3. The standard InChI is InChI=1S/C18H20ClF2NOS/c19-18-8-11-5-12(9-18)7-17(6-11,10-18)15(23)22-13-3-1-2-4-14(13)24-16(20)21/h1-4,11-12,16H,5-10H2,(H,22,23)/t11-,12-,17?,18?/m1/s1. The van der Waals surface area contributed by atoms with Gasteiger partial charge in [0.15, 0.2) is 0 Å². The van der Waals surface area contributed by atoms with Gasteiger partial charge in [0.1, 0.15) is 0 Å². The summed E-state index contributed by atoms with van der Waals surface area (Å²) in [5, 5.41) is 2.94. The molecule has 1 amide bonds. The minimum Gasteiger partial charge on any atom is -0.325 e. The summed E-state index contributed by atoms with van der Waals surface area (Å²) < 4.78 is 25.5. The Morgan fingerprint density at radius 2 is 1.88 bits per heavy atom. The Balaban J connectivity index is 1.57. The summed E-state index contributed by atoms with van der Waals surface area (Å²) in [6, 6.07) is 6.78. The predicted octanol–water partition coefficient (Wildman–Crippen LogP) is 5.52. The van der Waals surface area contributed by atoms with Crippen molar-refractivity contribution in [3.05, 3.63) is 24.3 Å².